The van der Waals surface area contributed by atoms with Crippen LogP contribution in [0.3, 0.4) is 0 Å². The highest BCUT2D eigenvalue weighted by molar-refractivity contribution is 8.00. The van der Waals surface area contributed by atoms with Gasteiger partial charge in [-0.3, -0.25) is 25.0 Å². The first kappa shape index (κ1) is 31.7. The first-order valence-corrected chi connectivity index (χ1v) is 13.7. The molecule has 3 unspecified atom stereocenters. The molecule has 0 saturated carbocycles. The second kappa shape index (κ2) is 14.2. The number of aliphatic carboxylic acids is 2. The van der Waals surface area contributed by atoms with Crippen LogP contribution in [0.25, 0.3) is 6.08 Å². The zero-order valence-electron chi connectivity index (χ0n) is 21.3. The summed E-state index contributed by atoms with van der Waals surface area (Å²) in [6.45, 7) is -0.777. The molecule has 1 aromatic heterocycles. The third-order valence-corrected chi connectivity index (χ3v) is 7.71. The van der Waals surface area contributed by atoms with E-state index in [4.69, 9.17) is 10.5 Å². The molecule has 1 aromatic carbocycles. The van der Waals surface area contributed by atoms with Crippen LogP contribution >= 0.6 is 23.1 Å². The normalized spacial score (nSPS) is 16.3. The van der Waals surface area contributed by atoms with Crippen LogP contribution in [0.5, 0.6) is 0 Å². The van der Waals surface area contributed by atoms with Crippen molar-refractivity contribution in [2.75, 3.05) is 12.4 Å². The lowest BCUT2D eigenvalue weighted by Gasteiger charge is -2.33. The van der Waals surface area contributed by atoms with Gasteiger partial charge < -0.3 is 40.9 Å². The van der Waals surface area contributed by atoms with Crippen LogP contribution in [-0.4, -0.2) is 63.5 Å². The number of hydrogen-bond donors (Lipinski definition) is 3. The molecular weight excluding hydrogens is 598 g/mol. The van der Waals surface area contributed by atoms with Gasteiger partial charge in [-0.25, -0.2) is 4.79 Å². The van der Waals surface area contributed by atoms with E-state index in [2.05, 4.69) is 10.6 Å². The van der Waals surface area contributed by atoms with Crippen molar-refractivity contribution in [2.45, 2.75) is 23.9 Å². The quantitative estimate of drug-likeness (QED) is 0.132. The van der Waals surface area contributed by atoms with E-state index in [1.54, 1.807) is 17.5 Å². The molecular formula is C24H21N5O11S2-2. The van der Waals surface area contributed by atoms with Crippen molar-refractivity contribution < 1.29 is 44.0 Å². The lowest BCUT2D eigenvalue weighted by Crippen LogP contribution is -2.56. The van der Waals surface area contributed by atoms with Crippen LogP contribution in [0.2, 0.25) is 0 Å². The van der Waals surface area contributed by atoms with Gasteiger partial charge in [0.1, 0.15) is 12.0 Å². The molecule has 0 spiro atoms. The molecule has 0 fully saturated rings. The molecule has 0 radical (unpaired) electrons. The van der Waals surface area contributed by atoms with Crippen LogP contribution in [0.15, 0.2) is 53.1 Å². The van der Waals surface area contributed by atoms with Crippen LogP contribution in [0.1, 0.15) is 10.4 Å². The number of nitro benzene ring substituents is 2. The number of nitrogens with one attached hydrogen (secondary N) is 2. The summed E-state index contributed by atoms with van der Waals surface area (Å²) in [5.74, 6) is -5.19. The molecule has 1 aliphatic rings. The summed E-state index contributed by atoms with van der Waals surface area (Å²) in [7, 11) is 0. The van der Waals surface area contributed by atoms with Crippen LogP contribution < -0.4 is 26.6 Å². The number of carbonyl (C=O) groups excluding carboxylic acids is 4. The molecule has 0 saturated heterocycles. The molecule has 3 atom stereocenters. The minimum atomic E-state index is -1.70. The Hall–Kier alpha value is -4.81. The van der Waals surface area contributed by atoms with E-state index in [0.29, 0.717) is 4.88 Å². The number of ether oxygens (including phenoxy) is 1. The third-order valence-electron chi connectivity index (χ3n) is 5.61. The Morgan fingerprint density at radius 1 is 1.14 bits per heavy atom. The summed E-state index contributed by atoms with van der Waals surface area (Å²) in [6, 6.07) is 3.19. The zero-order chi connectivity index (χ0) is 31.0. The number of nitrogens with zero attached hydrogens (tertiary/aromatic N) is 2. The number of esters is 1. The minimum Gasteiger partial charge on any atom is -0.548 e. The van der Waals surface area contributed by atoms with Crippen molar-refractivity contribution in [3.8, 4) is 0 Å². The number of hydrogen-bond acceptors (Lipinski definition) is 15. The van der Waals surface area contributed by atoms with Gasteiger partial charge in [0.25, 0.3) is 11.4 Å². The van der Waals surface area contributed by atoms with E-state index >= 15 is 0 Å². The number of thioether (sulfide) groups is 1. The maximum atomic E-state index is 12.9. The van der Waals surface area contributed by atoms with Crippen molar-refractivity contribution in [1.29, 1.82) is 0 Å². The lowest BCUT2D eigenvalue weighted by atomic mass is 10.1. The average molecular weight is 620 g/mol. The Bertz CT molecular complexity index is 1460. The van der Waals surface area contributed by atoms with Gasteiger partial charge in [-0.2, -0.15) is 0 Å². The van der Waals surface area contributed by atoms with Gasteiger partial charge in [0.2, 0.25) is 5.91 Å². The monoisotopic (exact) mass is 619 g/mol. The third kappa shape index (κ3) is 8.35. The molecule has 222 valence electrons. The van der Waals surface area contributed by atoms with E-state index in [9.17, 15) is 49.6 Å². The van der Waals surface area contributed by atoms with Gasteiger partial charge in [-0.05, 0) is 29.2 Å². The van der Waals surface area contributed by atoms with Gasteiger partial charge in [-0.1, -0.05) is 12.1 Å². The Kier molecular flexibility index (Phi) is 10.7. The number of rotatable bonds is 13. The number of thiophene rings is 1. The second-order valence-corrected chi connectivity index (χ2v) is 10.7. The minimum absolute atomic E-state index is 0.0468. The number of benzene rings is 1. The number of non-ortho nitro benzene ring substituents is 1. The fraction of sp³-hybridized carbons (Fsp3) is 0.250. The van der Waals surface area contributed by atoms with E-state index in [1.807, 2.05) is 0 Å². The summed E-state index contributed by atoms with van der Waals surface area (Å²) in [4.78, 5) is 69.9. The first-order valence-electron chi connectivity index (χ1n) is 11.8. The molecule has 0 aliphatic carbocycles. The number of amides is 1. The SMILES string of the molecule is NC(COC(=O)C(NC(=O)Cc1cccs1)C1NC(C(=O)[O-])=C(C=Cc2ccc([N+](=O)[O-])cc2[N+](=O)[O-])CS1)C(=O)[O-]. The lowest BCUT2D eigenvalue weighted by molar-refractivity contribution is -0.394. The number of allylic oxidation sites excluding steroid dienone is 1. The largest absolute Gasteiger partial charge is 0.548 e. The molecule has 3 rings (SSSR count). The van der Waals surface area contributed by atoms with Crippen molar-refractivity contribution >= 4 is 64.4 Å². The van der Waals surface area contributed by atoms with Crippen molar-refractivity contribution in [2.24, 2.45) is 5.73 Å². The fourth-order valence-electron chi connectivity index (χ4n) is 3.55. The number of carbonyl (C=O) groups is 4. The Balaban J connectivity index is 1.87. The van der Waals surface area contributed by atoms with Crippen LogP contribution in [0.4, 0.5) is 11.4 Å². The molecule has 0 bridgehead atoms. The Morgan fingerprint density at radius 3 is 2.48 bits per heavy atom. The maximum Gasteiger partial charge on any atom is 0.331 e. The van der Waals surface area contributed by atoms with Crippen LogP contribution in [-0.2, 0) is 30.3 Å². The number of carboxylic acids is 2. The van der Waals surface area contributed by atoms with Gasteiger partial charge in [-0.15, -0.1) is 23.1 Å². The van der Waals surface area contributed by atoms with Gasteiger partial charge >= 0.3 is 5.97 Å². The molecule has 42 heavy (non-hydrogen) atoms. The van der Waals surface area contributed by atoms with Crippen molar-refractivity contribution in [1.82, 2.24) is 10.6 Å². The Morgan fingerprint density at radius 2 is 1.88 bits per heavy atom. The second-order valence-electron chi connectivity index (χ2n) is 8.51. The molecule has 1 amide bonds. The van der Waals surface area contributed by atoms with Crippen LogP contribution in [0, 0.1) is 20.2 Å². The first-order chi connectivity index (χ1) is 19.9. The fourth-order valence-corrected chi connectivity index (χ4v) is 5.42. The van der Waals surface area contributed by atoms with Gasteiger partial charge in [0.05, 0.1) is 51.6 Å². The summed E-state index contributed by atoms with van der Waals surface area (Å²) in [6.07, 6.45) is 2.32. The van der Waals surface area contributed by atoms with Gasteiger partial charge in [0.15, 0.2) is 6.04 Å². The zero-order valence-corrected chi connectivity index (χ0v) is 22.9. The summed E-state index contributed by atoms with van der Waals surface area (Å²) in [5, 5.41) is 50.9. The topological polar surface area (TPSA) is 260 Å². The van der Waals surface area contributed by atoms with E-state index < -0.39 is 74.8 Å². The maximum absolute atomic E-state index is 12.9. The molecule has 4 N–H and O–H groups in total. The van der Waals surface area contributed by atoms with E-state index in [0.717, 1.165) is 30.0 Å². The summed E-state index contributed by atoms with van der Waals surface area (Å²) >= 11 is 2.25. The molecule has 18 heteroatoms. The summed E-state index contributed by atoms with van der Waals surface area (Å²) in [5.41, 5.74) is 3.76. The highest BCUT2D eigenvalue weighted by atomic mass is 32.2. The standard InChI is InChI=1S/C24H23N5O11S2/c25-16(22(31)32)10-40-24(35)20(26-18(30)9-15-2-1-7-41-15)21-27-19(23(33)34)13(11-42-21)4-3-12-5-6-14(28(36)37)8-17(12)29(38)39/h1-8,16,20-21,27H,9-11,25H2,(H,26,30)(H,31,32)(H,33,34)/p-2. The van der Waals surface area contributed by atoms with Crippen molar-refractivity contribution in [3.63, 3.8) is 0 Å². The molecule has 2 aromatic rings. The number of carboxylic acid groups (broad SMARTS) is 2. The number of nitrogens with two attached hydrogens (primary N) is 1. The predicted molar refractivity (Wildman–Crippen MR) is 144 cm³/mol. The Labute approximate surface area is 244 Å². The van der Waals surface area contributed by atoms with Crippen molar-refractivity contribution in [3.05, 3.63) is 83.7 Å². The highest BCUT2D eigenvalue weighted by Gasteiger charge is 2.35. The molecule has 1 aliphatic heterocycles. The average Bonchev–Trinajstić information content (AvgIpc) is 3.45. The predicted octanol–water partition coefficient (Wildman–Crippen LogP) is -1.41. The smallest absolute Gasteiger partial charge is 0.331 e. The summed E-state index contributed by atoms with van der Waals surface area (Å²) < 4.78 is 4.95. The molecule has 16 nitrogen and oxygen atoms in total. The highest BCUT2D eigenvalue weighted by Crippen LogP contribution is 2.29. The van der Waals surface area contributed by atoms with Gasteiger partial charge in [0, 0.05) is 16.7 Å². The van der Waals surface area contributed by atoms with E-state index in [1.165, 1.54) is 23.5 Å². The molecule has 2 heterocycles. The van der Waals surface area contributed by atoms with E-state index in [-0.39, 0.29) is 23.3 Å². The number of nitro groups is 2.